The first-order chi connectivity index (χ1) is 7.82. The van der Waals surface area contributed by atoms with E-state index in [1.807, 2.05) is 13.8 Å². The van der Waals surface area contributed by atoms with Crippen LogP contribution in [0.15, 0.2) is 11.6 Å². The van der Waals surface area contributed by atoms with E-state index in [1.54, 1.807) is 6.08 Å². The fraction of sp³-hybridized carbons (Fsp3) is 0.500. The van der Waals surface area contributed by atoms with E-state index in [-0.39, 0.29) is 6.54 Å². The Bertz CT molecular complexity index is 334. The Balaban J connectivity index is 4.17. The van der Waals surface area contributed by atoms with Gasteiger partial charge in [0.15, 0.2) is 0 Å². The number of hydrogen-bond donors (Lipinski definition) is 4. The van der Waals surface area contributed by atoms with Gasteiger partial charge in [-0.05, 0) is 13.8 Å². The molecule has 0 rings (SSSR count). The van der Waals surface area contributed by atoms with Gasteiger partial charge < -0.3 is 20.8 Å². The molecule has 0 radical (unpaired) electrons. The van der Waals surface area contributed by atoms with Crippen molar-refractivity contribution in [3.8, 4) is 0 Å². The fourth-order valence-corrected chi connectivity index (χ4v) is 0.932. The lowest BCUT2D eigenvalue weighted by Gasteiger charge is -2.12. The van der Waals surface area contributed by atoms with E-state index in [4.69, 9.17) is 10.2 Å². The second kappa shape index (κ2) is 7.26. The number of amides is 2. The van der Waals surface area contributed by atoms with Crippen LogP contribution in [-0.2, 0) is 9.59 Å². The minimum absolute atomic E-state index is 0.258. The summed E-state index contributed by atoms with van der Waals surface area (Å²) in [6, 6.07) is -2.14. The summed E-state index contributed by atoms with van der Waals surface area (Å²) in [6.45, 7) is 3.96. The van der Waals surface area contributed by atoms with E-state index < -0.39 is 30.4 Å². The van der Waals surface area contributed by atoms with Crippen molar-refractivity contribution in [2.24, 2.45) is 0 Å². The Labute approximate surface area is 98.5 Å². The molecule has 7 nitrogen and oxygen atoms in total. The molecule has 7 heteroatoms. The molecule has 4 N–H and O–H groups in total. The van der Waals surface area contributed by atoms with E-state index >= 15 is 0 Å². The number of carbonyl (C=O) groups is 3. The SMILES string of the molecule is CC(C)=CCNC(=O)N[C@@H](CC(=O)O)C(=O)O. The quantitative estimate of drug-likeness (QED) is 0.497. The molecule has 0 saturated carbocycles. The van der Waals surface area contributed by atoms with Crippen LogP contribution in [0.4, 0.5) is 4.79 Å². The molecular weight excluding hydrogens is 228 g/mol. The highest BCUT2D eigenvalue weighted by atomic mass is 16.4. The van der Waals surface area contributed by atoms with E-state index in [0.29, 0.717) is 0 Å². The maximum absolute atomic E-state index is 11.2. The van der Waals surface area contributed by atoms with Gasteiger partial charge in [0, 0.05) is 6.54 Å². The number of carboxylic acids is 2. The zero-order chi connectivity index (χ0) is 13.4. The van der Waals surface area contributed by atoms with E-state index in [1.165, 1.54) is 0 Å². The second-order valence-electron chi connectivity index (χ2n) is 3.62. The monoisotopic (exact) mass is 244 g/mol. The normalized spacial score (nSPS) is 11.2. The minimum Gasteiger partial charge on any atom is -0.481 e. The summed E-state index contributed by atoms with van der Waals surface area (Å²) in [7, 11) is 0. The van der Waals surface area contributed by atoms with Crippen molar-refractivity contribution in [2.45, 2.75) is 26.3 Å². The summed E-state index contributed by atoms with van der Waals surface area (Å²) in [5.74, 6) is -2.67. The predicted molar refractivity (Wildman–Crippen MR) is 59.6 cm³/mol. The van der Waals surface area contributed by atoms with Crippen LogP contribution in [0.1, 0.15) is 20.3 Å². The third-order valence-corrected chi connectivity index (χ3v) is 1.76. The van der Waals surface area contributed by atoms with Crippen LogP contribution in [0.25, 0.3) is 0 Å². The van der Waals surface area contributed by atoms with Crippen LogP contribution in [0.5, 0.6) is 0 Å². The van der Waals surface area contributed by atoms with Crippen LogP contribution < -0.4 is 10.6 Å². The van der Waals surface area contributed by atoms with Gasteiger partial charge in [0.25, 0.3) is 0 Å². The third kappa shape index (κ3) is 7.83. The van der Waals surface area contributed by atoms with Crippen LogP contribution in [0.3, 0.4) is 0 Å². The van der Waals surface area contributed by atoms with Crippen molar-refractivity contribution in [2.75, 3.05) is 6.54 Å². The largest absolute Gasteiger partial charge is 0.481 e. The van der Waals surface area contributed by atoms with Gasteiger partial charge >= 0.3 is 18.0 Å². The van der Waals surface area contributed by atoms with Crippen molar-refractivity contribution in [3.05, 3.63) is 11.6 Å². The molecule has 1 atom stereocenters. The van der Waals surface area contributed by atoms with Crippen LogP contribution in [0.2, 0.25) is 0 Å². The van der Waals surface area contributed by atoms with Crippen molar-refractivity contribution < 1.29 is 24.6 Å². The second-order valence-corrected chi connectivity index (χ2v) is 3.62. The number of nitrogens with one attached hydrogen (secondary N) is 2. The van der Waals surface area contributed by atoms with Gasteiger partial charge in [-0.1, -0.05) is 11.6 Å². The number of carbonyl (C=O) groups excluding carboxylic acids is 1. The maximum atomic E-state index is 11.2. The molecule has 0 heterocycles. The Morgan fingerprint density at radius 2 is 1.82 bits per heavy atom. The van der Waals surface area contributed by atoms with Gasteiger partial charge in [-0.15, -0.1) is 0 Å². The molecule has 0 spiro atoms. The van der Waals surface area contributed by atoms with Crippen LogP contribution >= 0.6 is 0 Å². The van der Waals surface area contributed by atoms with Gasteiger partial charge in [-0.3, -0.25) is 4.79 Å². The summed E-state index contributed by atoms with van der Waals surface area (Å²) in [6.07, 6.45) is 1.08. The van der Waals surface area contributed by atoms with Crippen LogP contribution in [-0.4, -0.2) is 40.8 Å². The first-order valence-corrected chi connectivity index (χ1v) is 4.95. The number of urea groups is 1. The average molecular weight is 244 g/mol. The minimum atomic E-state index is -1.43. The van der Waals surface area contributed by atoms with Crippen molar-refractivity contribution in [3.63, 3.8) is 0 Å². The lowest BCUT2D eigenvalue weighted by molar-refractivity contribution is -0.145. The Morgan fingerprint density at radius 1 is 1.24 bits per heavy atom. The van der Waals surface area contributed by atoms with Crippen LogP contribution in [0, 0.1) is 0 Å². The lowest BCUT2D eigenvalue weighted by Crippen LogP contribution is -2.47. The maximum Gasteiger partial charge on any atom is 0.326 e. The number of allylic oxidation sites excluding steroid dienone is 1. The molecule has 0 aliphatic heterocycles. The number of carboxylic acid groups (broad SMARTS) is 2. The molecule has 0 aromatic heterocycles. The standard InChI is InChI=1S/C10H16N2O5/c1-6(2)3-4-11-10(17)12-7(9(15)16)5-8(13)14/h3,7H,4-5H2,1-2H3,(H,13,14)(H,15,16)(H2,11,12,17)/t7-/m0/s1. The highest BCUT2D eigenvalue weighted by molar-refractivity contribution is 5.86. The molecule has 2 amide bonds. The molecule has 0 saturated heterocycles. The molecule has 96 valence electrons. The van der Waals surface area contributed by atoms with Gasteiger partial charge in [0.1, 0.15) is 6.04 Å². The zero-order valence-electron chi connectivity index (χ0n) is 9.69. The lowest BCUT2D eigenvalue weighted by atomic mass is 10.2. The summed E-state index contributed by atoms with van der Waals surface area (Å²) in [5, 5.41) is 21.6. The third-order valence-electron chi connectivity index (χ3n) is 1.76. The van der Waals surface area contributed by atoms with Gasteiger partial charge in [0.05, 0.1) is 6.42 Å². The first-order valence-electron chi connectivity index (χ1n) is 4.95. The van der Waals surface area contributed by atoms with Gasteiger partial charge in [0.2, 0.25) is 0 Å². The predicted octanol–water partition coefficient (Wildman–Crippen LogP) is 0.180. The number of rotatable bonds is 6. The summed E-state index contributed by atoms with van der Waals surface area (Å²) in [4.78, 5) is 32.2. The highest BCUT2D eigenvalue weighted by Gasteiger charge is 2.22. The zero-order valence-corrected chi connectivity index (χ0v) is 9.69. The first kappa shape index (κ1) is 14.9. The Kier molecular flexibility index (Phi) is 6.39. The number of aliphatic carboxylic acids is 2. The van der Waals surface area contributed by atoms with Crippen molar-refractivity contribution in [1.29, 1.82) is 0 Å². The Morgan fingerprint density at radius 3 is 2.24 bits per heavy atom. The summed E-state index contributed by atoms with van der Waals surface area (Å²) < 4.78 is 0. The molecule has 0 fully saturated rings. The molecule has 0 aromatic rings. The molecule has 0 aliphatic carbocycles. The molecule has 17 heavy (non-hydrogen) atoms. The van der Waals surface area contributed by atoms with E-state index in [2.05, 4.69) is 10.6 Å². The fourth-order valence-electron chi connectivity index (χ4n) is 0.932. The van der Waals surface area contributed by atoms with Crippen molar-refractivity contribution in [1.82, 2.24) is 10.6 Å². The Hall–Kier alpha value is -2.05. The topological polar surface area (TPSA) is 116 Å². The summed E-state index contributed by atoms with van der Waals surface area (Å²) >= 11 is 0. The smallest absolute Gasteiger partial charge is 0.326 e. The van der Waals surface area contributed by atoms with E-state index in [0.717, 1.165) is 5.57 Å². The number of hydrogen-bond acceptors (Lipinski definition) is 3. The molecule has 0 unspecified atom stereocenters. The van der Waals surface area contributed by atoms with Gasteiger partial charge in [-0.2, -0.15) is 0 Å². The van der Waals surface area contributed by atoms with Crippen molar-refractivity contribution >= 4 is 18.0 Å². The molecule has 0 aliphatic rings. The molecular formula is C10H16N2O5. The highest BCUT2D eigenvalue weighted by Crippen LogP contribution is 1.92. The molecule has 0 bridgehead atoms. The average Bonchev–Trinajstić information content (AvgIpc) is 2.15. The molecule has 0 aromatic carbocycles. The summed E-state index contributed by atoms with van der Waals surface area (Å²) in [5.41, 5.74) is 1.01. The van der Waals surface area contributed by atoms with E-state index in [9.17, 15) is 14.4 Å². The van der Waals surface area contributed by atoms with Gasteiger partial charge in [-0.25, -0.2) is 9.59 Å².